The summed E-state index contributed by atoms with van der Waals surface area (Å²) in [7, 11) is 0. The van der Waals surface area contributed by atoms with Gasteiger partial charge in [-0.1, -0.05) is 41.6 Å². The van der Waals surface area contributed by atoms with E-state index in [0.717, 1.165) is 11.1 Å². The molecular weight excluding hydrogens is 372 g/mol. The highest BCUT2D eigenvalue weighted by atomic mass is 16.5. The molecule has 3 rings (SSSR count). The monoisotopic (exact) mass is 394 g/mol. The number of nitrogens with zero attached hydrogens (tertiary/aromatic N) is 2. The Morgan fingerprint density at radius 1 is 1.10 bits per heavy atom. The number of carbonyl (C=O) groups excluding carboxylic acids is 2. The number of pyridine rings is 1. The molecule has 0 fully saturated rings. The summed E-state index contributed by atoms with van der Waals surface area (Å²) in [4.78, 5) is 28.3. The average molecular weight is 394 g/mol. The number of rotatable bonds is 8. The largest absolute Gasteiger partial charge is 0.475 e. The first-order valence-electron chi connectivity index (χ1n) is 9.20. The molecule has 0 aliphatic carbocycles. The highest BCUT2D eigenvalue weighted by Crippen LogP contribution is 2.19. The van der Waals surface area contributed by atoms with Crippen molar-refractivity contribution in [1.29, 1.82) is 0 Å². The summed E-state index contributed by atoms with van der Waals surface area (Å²) in [5, 5.41) is 8.99. The molecule has 0 aliphatic heterocycles. The molecule has 0 radical (unpaired) electrons. The lowest BCUT2D eigenvalue weighted by Gasteiger charge is -2.09. The SMILES string of the molecule is CC(C)Oc1ccc(CNC(=O)CNC(=O)c2cc(-c3ccccc3)on2)cn1. The maximum absolute atomic E-state index is 12.2. The van der Waals surface area contributed by atoms with Crippen molar-refractivity contribution < 1.29 is 18.8 Å². The van der Waals surface area contributed by atoms with E-state index in [1.807, 2.05) is 50.2 Å². The lowest BCUT2D eigenvalue weighted by molar-refractivity contribution is -0.120. The van der Waals surface area contributed by atoms with Gasteiger partial charge in [0.15, 0.2) is 11.5 Å². The number of aromatic nitrogens is 2. The van der Waals surface area contributed by atoms with Crippen molar-refractivity contribution in [3.05, 3.63) is 66.0 Å². The smallest absolute Gasteiger partial charge is 0.273 e. The molecule has 2 amide bonds. The van der Waals surface area contributed by atoms with Crippen molar-refractivity contribution in [3.8, 4) is 17.2 Å². The van der Waals surface area contributed by atoms with E-state index in [1.54, 1.807) is 12.3 Å². The summed E-state index contributed by atoms with van der Waals surface area (Å²) in [5.74, 6) is 0.206. The van der Waals surface area contributed by atoms with Gasteiger partial charge in [-0.05, 0) is 19.4 Å². The summed E-state index contributed by atoms with van der Waals surface area (Å²) in [5.41, 5.74) is 1.75. The second-order valence-electron chi connectivity index (χ2n) is 6.57. The van der Waals surface area contributed by atoms with E-state index < -0.39 is 5.91 Å². The molecule has 0 spiro atoms. The maximum atomic E-state index is 12.2. The molecule has 1 aromatic carbocycles. The fourth-order valence-electron chi connectivity index (χ4n) is 2.46. The zero-order chi connectivity index (χ0) is 20.6. The van der Waals surface area contributed by atoms with Crippen molar-refractivity contribution in [1.82, 2.24) is 20.8 Å². The minimum absolute atomic E-state index is 0.0464. The van der Waals surface area contributed by atoms with Crippen molar-refractivity contribution in [3.63, 3.8) is 0 Å². The number of hydrogen-bond donors (Lipinski definition) is 2. The van der Waals surface area contributed by atoms with E-state index in [4.69, 9.17) is 9.26 Å². The molecule has 3 aromatic rings. The Morgan fingerprint density at radius 2 is 1.90 bits per heavy atom. The van der Waals surface area contributed by atoms with E-state index in [0.29, 0.717) is 18.2 Å². The standard InChI is InChI=1S/C21H22N4O4/c1-14(2)28-20-9-8-15(12-23-20)11-22-19(26)13-24-21(27)17-10-18(29-25-17)16-6-4-3-5-7-16/h3-10,12,14H,11,13H2,1-2H3,(H,22,26)(H,24,27). The molecule has 8 heteroatoms. The van der Waals surface area contributed by atoms with Crippen LogP contribution in [0.4, 0.5) is 0 Å². The zero-order valence-electron chi connectivity index (χ0n) is 16.2. The lowest BCUT2D eigenvalue weighted by atomic mass is 10.1. The van der Waals surface area contributed by atoms with Crippen LogP contribution in [0.15, 0.2) is 59.3 Å². The van der Waals surface area contributed by atoms with Crippen LogP contribution in [-0.2, 0) is 11.3 Å². The Kier molecular flexibility index (Phi) is 6.57. The van der Waals surface area contributed by atoms with Gasteiger partial charge in [0.25, 0.3) is 5.91 Å². The molecule has 0 bridgehead atoms. The molecule has 0 saturated heterocycles. The first-order chi connectivity index (χ1) is 14.0. The van der Waals surface area contributed by atoms with Crippen molar-refractivity contribution >= 4 is 11.8 Å². The van der Waals surface area contributed by atoms with E-state index in [9.17, 15) is 9.59 Å². The van der Waals surface area contributed by atoms with Crippen molar-refractivity contribution in [2.75, 3.05) is 6.54 Å². The Bertz CT molecular complexity index is 952. The fraction of sp³-hybridized carbons (Fsp3) is 0.238. The Labute approximate surface area is 168 Å². The molecule has 2 heterocycles. The summed E-state index contributed by atoms with van der Waals surface area (Å²) in [6.45, 7) is 3.97. The third-order valence-corrected chi connectivity index (χ3v) is 3.85. The molecule has 8 nitrogen and oxygen atoms in total. The van der Waals surface area contributed by atoms with Gasteiger partial charge in [0.1, 0.15) is 0 Å². The summed E-state index contributed by atoms with van der Waals surface area (Å²) >= 11 is 0. The van der Waals surface area contributed by atoms with Gasteiger partial charge >= 0.3 is 0 Å². The topological polar surface area (TPSA) is 106 Å². The molecule has 0 atom stereocenters. The predicted molar refractivity (Wildman–Crippen MR) is 106 cm³/mol. The lowest BCUT2D eigenvalue weighted by Crippen LogP contribution is -2.36. The van der Waals surface area contributed by atoms with Crippen LogP contribution in [0.5, 0.6) is 5.88 Å². The molecule has 0 saturated carbocycles. The van der Waals surface area contributed by atoms with Gasteiger partial charge in [-0.15, -0.1) is 0 Å². The van der Waals surface area contributed by atoms with Crippen LogP contribution in [0.25, 0.3) is 11.3 Å². The third kappa shape index (κ3) is 5.90. The van der Waals surface area contributed by atoms with E-state index in [1.165, 1.54) is 6.07 Å². The second kappa shape index (κ2) is 9.50. The van der Waals surface area contributed by atoms with E-state index in [-0.39, 0.29) is 24.2 Å². The van der Waals surface area contributed by atoms with Crippen LogP contribution in [0, 0.1) is 0 Å². The normalized spacial score (nSPS) is 10.6. The number of hydrogen-bond acceptors (Lipinski definition) is 6. The third-order valence-electron chi connectivity index (χ3n) is 3.85. The van der Waals surface area contributed by atoms with Gasteiger partial charge in [-0.3, -0.25) is 9.59 Å². The number of benzene rings is 1. The highest BCUT2D eigenvalue weighted by Gasteiger charge is 2.14. The fourth-order valence-corrected chi connectivity index (χ4v) is 2.46. The van der Waals surface area contributed by atoms with Crippen LogP contribution in [-0.4, -0.2) is 34.6 Å². The van der Waals surface area contributed by atoms with E-state index >= 15 is 0 Å². The predicted octanol–water partition coefficient (Wildman–Crippen LogP) is 2.57. The van der Waals surface area contributed by atoms with Gasteiger partial charge in [-0.2, -0.15) is 0 Å². The highest BCUT2D eigenvalue weighted by molar-refractivity contribution is 5.95. The maximum Gasteiger partial charge on any atom is 0.273 e. The van der Waals surface area contributed by atoms with Crippen LogP contribution in [0.3, 0.4) is 0 Å². The zero-order valence-corrected chi connectivity index (χ0v) is 16.2. The number of amides is 2. The van der Waals surface area contributed by atoms with E-state index in [2.05, 4.69) is 20.8 Å². The summed E-state index contributed by atoms with van der Waals surface area (Å²) in [6.07, 6.45) is 1.68. The molecule has 0 unspecified atom stereocenters. The molecule has 0 aliphatic rings. The van der Waals surface area contributed by atoms with Gasteiger partial charge in [-0.25, -0.2) is 4.98 Å². The molecule has 29 heavy (non-hydrogen) atoms. The minimum Gasteiger partial charge on any atom is -0.475 e. The van der Waals surface area contributed by atoms with Gasteiger partial charge in [0.2, 0.25) is 11.8 Å². The Balaban J connectivity index is 1.44. The van der Waals surface area contributed by atoms with Crippen molar-refractivity contribution in [2.24, 2.45) is 0 Å². The minimum atomic E-state index is -0.483. The van der Waals surface area contributed by atoms with Gasteiger partial charge in [0.05, 0.1) is 12.6 Å². The second-order valence-corrected chi connectivity index (χ2v) is 6.57. The average Bonchev–Trinajstić information content (AvgIpc) is 3.22. The number of ether oxygens (including phenoxy) is 1. The van der Waals surface area contributed by atoms with Crippen LogP contribution in [0.1, 0.15) is 29.9 Å². The summed E-state index contributed by atoms with van der Waals surface area (Å²) in [6, 6.07) is 14.4. The first kappa shape index (κ1) is 20.1. The Morgan fingerprint density at radius 3 is 2.59 bits per heavy atom. The molecule has 2 N–H and O–H groups in total. The van der Waals surface area contributed by atoms with Gasteiger partial charge in [0, 0.05) is 30.4 Å². The molecular formula is C21H22N4O4. The quantitative estimate of drug-likeness (QED) is 0.608. The van der Waals surface area contributed by atoms with Crippen molar-refractivity contribution in [2.45, 2.75) is 26.5 Å². The van der Waals surface area contributed by atoms with Crippen LogP contribution >= 0.6 is 0 Å². The number of carbonyl (C=O) groups is 2. The first-order valence-corrected chi connectivity index (χ1v) is 9.20. The Hall–Kier alpha value is -3.68. The molecule has 2 aromatic heterocycles. The van der Waals surface area contributed by atoms with Crippen LogP contribution in [0.2, 0.25) is 0 Å². The summed E-state index contributed by atoms with van der Waals surface area (Å²) < 4.78 is 10.7. The van der Waals surface area contributed by atoms with Gasteiger partial charge < -0.3 is 19.9 Å². The van der Waals surface area contributed by atoms with Crippen LogP contribution < -0.4 is 15.4 Å². The number of nitrogens with one attached hydrogen (secondary N) is 2. The molecule has 150 valence electrons.